The molecule has 0 bridgehead atoms. The first kappa shape index (κ1) is 11.0. The number of hydrogen-bond acceptors (Lipinski definition) is 4. The van der Waals surface area contributed by atoms with Gasteiger partial charge in [0.05, 0.1) is 19.0 Å². The van der Waals surface area contributed by atoms with Crippen LogP contribution in [0.2, 0.25) is 0 Å². The van der Waals surface area contributed by atoms with Gasteiger partial charge in [0.2, 0.25) is 0 Å². The predicted octanol–water partition coefficient (Wildman–Crippen LogP) is 0.768. The molecule has 0 radical (unpaired) electrons. The molecule has 0 aliphatic rings. The van der Waals surface area contributed by atoms with Crippen molar-refractivity contribution in [2.45, 2.75) is 4.83 Å². The third-order valence-electron chi connectivity index (χ3n) is 1.65. The van der Waals surface area contributed by atoms with E-state index in [1.807, 2.05) is 13.2 Å². The summed E-state index contributed by atoms with van der Waals surface area (Å²) in [7, 11) is 3.19. The van der Waals surface area contributed by atoms with E-state index >= 15 is 0 Å². The van der Waals surface area contributed by atoms with Crippen LogP contribution in [0.3, 0.4) is 0 Å². The van der Waals surface area contributed by atoms with Gasteiger partial charge in [-0.1, -0.05) is 15.9 Å². The summed E-state index contributed by atoms with van der Waals surface area (Å²) in [5.74, 6) is -0.290. The largest absolute Gasteiger partial charge is 0.468 e. The van der Waals surface area contributed by atoms with Crippen molar-refractivity contribution in [3.63, 3.8) is 0 Å². The molecule has 0 aliphatic heterocycles. The lowest BCUT2D eigenvalue weighted by atomic mass is 10.4. The minimum Gasteiger partial charge on any atom is -0.468 e. The van der Waals surface area contributed by atoms with Crippen LogP contribution in [-0.2, 0) is 16.6 Å². The molecule has 0 amide bonds. The lowest BCUT2D eigenvalue weighted by Gasteiger charge is -2.07. The first-order chi connectivity index (χ1) is 6.63. The second-order valence-electron chi connectivity index (χ2n) is 2.77. The quantitative estimate of drug-likeness (QED) is 0.643. The molecule has 1 unspecified atom stereocenters. The van der Waals surface area contributed by atoms with E-state index in [4.69, 9.17) is 0 Å². The van der Waals surface area contributed by atoms with Crippen LogP contribution in [0.4, 0.5) is 5.69 Å². The minimum absolute atomic E-state index is 0.290. The Labute approximate surface area is 90.6 Å². The van der Waals surface area contributed by atoms with Gasteiger partial charge >= 0.3 is 5.97 Å². The first-order valence-corrected chi connectivity index (χ1v) is 4.99. The summed E-state index contributed by atoms with van der Waals surface area (Å²) in [4.78, 5) is 10.7. The Morgan fingerprint density at radius 1 is 1.86 bits per heavy atom. The van der Waals surface area contributed by atoms with Crippen molar-refractivity contribution >= 4 is 27.6 Å². The summed E-state index contributed by atoms with van der Waals surface area (Å²) >= 11 is 3.20. The number of esters is 1. The maximum Gasteiger partial charge on any atom is 0.321 e. The Morgan fingerprint density at radius 3 is 3.07 bits per heavy atom. The third-order valence-corrected chi connectivity index (χ3v) is 2.34. The number of methoxy groups -OCH3 is 1. The molecule has 1 aromatic heterocycles. The molecular formula is C8H12BrN3O2. The molecule has 0 aliphatic carbocycles. The van der Waals surface area contributed by atoms with Crippen molar-refractivity contribution in [3.05, 3.63) is 12.4 Å². The minimum atomic E-state index is -0.340. The average molecular weight is 262 g/mol. The standard InChI is InChI=1S/C8H12BrN3O2/c1-12-5-6(3-11-12)10-4-7(9)8(13)14-2/h3,5,7,10H,4H2,1-2H3. The number of aromatic nitrogens is 2. The fourth-order valence-corrected chi connectivity index (χ4v) is 1.28. The topological polar surface area (TPSA) is 56.1 Å². The van der Waals surface area contributed by atoms with Gasteiger partial charge in [-0.25, -0.2) is 0 Å². The molecule has 5 nitrogen and oxygen atoms in total. The van der Waals surface area contributed by atoms with Crippen molar-refractivity contribution in [2.24, 2.45) is 7.05 Å². The molecule has 6 heteroatoms. The molecule has 0 spiro atoms. The second kappa shape index (κ2) is 4.99. The monoisotopic (exact) mass is 261 g/mol. The van der Waals surface area contributed by atoms with E-state index in [1.165, 1.54) is 7.11 Å². The van der Waals surface area contributed by atoms with Gasteiger partial charge in [0.1, 0.15) is 4.83 Å². The summed E-state index contributed by atoms with van der Waals surface area (Å²) in [5.41, 5.74) is 0.876. The average Bonchev–Trinajstić information content (AvgIpc) is 2.59. The third kappa shape index (κ3) is 3.02. The molecule has 1 aromatic rings. The van der Waals surface area contributed by atoms with E-state index in [9.17, 15) is 4.79 Å². The van der Waals surface area contributed by atoms with Crippen LogP contribution in [0.15, 0.2) is 12.4 Å². The molecule has 1 N–H and O–H groups in total. The number of nitrogens with zero attached hydrogens (tertiary/aromatic N) is 2. The SMILES string of the molecule is COC(=O)C(Br)CNc1cnn(C)c1. The van der Waals surface area contributed by atoms with Gasteiger partial charge in [0.15, 0.2) is 0 Å². The molecule has 1 atom stereocenters. The molecule has 0 fully saturated rings. The van der Waals surface area contributed by atoms with Crippen LogP contribution in [0, 0.1) is 0 Å². The summed E-state index contributed by atoms with van der Waals surface area (Å²) in [6.45, 7) is 0.471. The molecule has 0 saturated carbocycles. The van der Waals surface area contributed by atoms with Gasteiger partial charge < -0.3 is 10.1 Å². The first-order valence-electron chi connectivity index (χ1n) is 4.08. The number of halogens is 1. The highest BCUT2D eigenvalue weighted by Gasteiger charge is 2.14. The number of carbonyl (C=O) groups excluding carboxylic acids is 1. The second-order valence-corrected chi connectivity index (χ2v) is 3.88. The Kier molecular flexibility index (Phi) is 3.94. The van der Waals surface area contributed by atoms with Crippen molar-refractivity contribution in [1.82, 2.24) is 9.78 Å². The van der Waals surface area contributed by atoms with Crippen molar-refractivity contribution < 1.29 is 9.53 Å². The zero-order valence-corrected chi connectivity index (χ0v) is 9.61. The Morgan fingerprint density at radius 2 is 2.57 bits per heavy atom. The molecule has 1 rings (SSSR count). The number of carbonyl (C=O) groups is 1. The molecule has 1 heterocycles. The van der Waals surface area contributed by atoms with E-state index in [-0.39, 0.29) is 10.8 Å². The number of hydrogen-bond donors (Lipinski definition) is 1. The molecule has 0 aromatic carbocycles. The number of aryl methyl sites for hydroxylation is 1. The van der Waals surface area contributed by atoms with Crippen molar-refractivity contribution in [1.29, 1.82) is 0 Å². The maximum atomic E-state index is 11.0. The highest BCUT2D eigenvalue weighted by Crippen LogP contribution is 2.07. The van der Waals surface area contributed by atoms with Crippen LogP contribution in [-0.4, -0.2) is 34.2 Å². The zero-order chi connectivity index (χ0) is 10.6. The fourth-order valence-electron chi connectivity index (χ4n) is 0.931. The Hall–Kier alpha value is -1.04. The fraction of sp³-hybridized carbons (Fsp3) is 0.500. The van der Waals surface area contributed by atoms with Crippen LogP contribution in [0.25, 0.3) is 0 Å². The number of alkyl halides is 1. The van der Waals surface area contributed by atoms with Crippen LogP contribution in [0.1, 0.15) is 0 Å². The van der Waals surface area contributed by atoms with E-state index in [2.05, 4.69) is 31.1 Å². The van der Waals surface area contributed by atoms with Gasteiger partial charge in [-0.2, -0.15) is 5.10 Å². The molecule has 78 valence electrons. The number of rotatable bonds is 4. The van der Waals surface area contributed by atoms with Crippen molar-refractivity contribution in [3.8, 4) is 0 Å². The summed E-state index contributed by atoms with van der Waals surface area (Å²) in [6.07, 6.45) is 3.52. The van der Waals surface area contributed by atoms with Gasteiger partial charge in [-0.05, 0) is 0 Å². The van der Waals surface area contributed by atoms with E-state index in [1.54, 1.807) is 10.9 Å². The van der Waals surface area contributed by atoms with Gasteiger partial charge in [0, 0.05) is 19.8 Å². The highest BCUT2D eigenvalue weighted by atomic mass is 79.9. The lowest BCUT2D eigenvalue weighted by molar-refractivity contribution is -0.139. The molecule has 14 heavy (non-hydrogen) atoms. The van der Waals surface area contributed by atoms with Gasteiger partial charge in [-0.15, -0.1) is 0 Å². The smallest absolute Gasteiger partial charge is 0.321 e. The zero-order valence-electron chi connectivity index (χ0n) is 8.03. The van der Waals surface area contributed by atoms with Crippen LogP contribution in [0.5, 0.6) is 0 Å². The normalized spacial score (nSPS) is 12.2. The Bertz CT molecular complexity index is 313. The van der Waals surface area contributed by atoms with E-state index in [0.29, 0.717) is 6.54 Å². The number of nitrogens with one attached hydrogen (secondary N) is 1. The van der Waals surface area contributed by atoms with Crippen molar-refractivity contribution in [2.75, 3.05) is 19.0 Å². The summed E-state index contributed by atoms with van der Waals surface area (Å²) in [6, 6.07) is 0. The van der Waals surface area contributed by atoms with E-state index in [0.717, 1.165) is 5.69 Å². The molecule has 0 saturated heterocycles. The predicted molar refractivity (Wildman–Crippen MR) is 56.4 cm³/mol. The van der Waals surface area contributed by atoms with E-state index < -0.39 is 0 Å². The summed E-state index contributed by atoms with van der Waals surface area (Å²) in [5, 5.41) is 7.03. The Balaban J connectivity index is 2.37. The number of anilines is 1. The van der Waals surface area contributed by atoms with Crippen LogP contribution < -0.4 is 5.32 Å². The lowest BCUT2D eigenvalue weighted by Crippen LogP contribution is -2.24. The highest BCUT2D eigenvalue weighted by molar-refractivity contribution is 9.10. The molecular weight excluding hydrogens is 250 g/mol. The van der Waals surface area contributed by atoms with Crippen LogP contribution >= 0.6 is 15.9 Å². The number of ether oxygens (including phenoxy) is 1. The van der Waals surface area contributed by atoms with Gasteiger partial charge in [-0.3, -0.25) is 9.48 Å². The maximum absolute atomic E-state index is 11.0. The summed E-state index contributed by atoms with van der Waals surface area (Å²) < 4.78 is 6.24. The van der Waals surface area contributed by atoms with Gasteiger partial charge in [0.25, 0.3) is 0 Å².